The van der Waals surface area contributed by atoms with Gasteiger partial charge < -0.3 is 27.2 Å². The molecule has 0 atom stereocenters. The monoisotopic (exact) mass is 796 g/mol. The van der Waals surface area contributed by atoms with Crippen molar-refractivity contribution in [3.05, 3.63) is 117 Å². The Hall–Kier alpha value is -2.36. The Morgan fingerprint density at radius 3 is 0.943 bits per heavy atom. The first-order chi connectivity index (χ1) is 24.9. The third kappa shape index (κ3) is 8.42. The molecule has 0 unspecified atom stereocenters. The minimum absolute atomic E-state index is 0.0192. The van der Waals surface area contributed by atoms with E-state index in [1.807, 2.05) is 128 Å². The second-order valence-corrected chi connectivity index (χ2v) is 25.5. The van der Waals surface area contributed by atoms with Crippen LogP contribution in [0.25, 0.3) is 0 Å². The van der Waals surface area contributed by atoms with Crippen molar-refractivity contribution in [2.45, 2.75) is 55.4 Å². The maximum atomic E-state index is 15.1. The average molecular weight is 797 g/mol. The fourth-order valence-electron chi connectivity index (χ4n) is 7.63. The topological polar surface area (TPSA) is 105 Å². The van der Waals surface area contributed by atoms with Crippen LogP contribution < -0.4 is 21.2 Å². The fraction of sp³-hybridized carbons (Fsp3) is 0.415. The van der Waals surface area contributed by atoms with Crippen LogP contribution in [0.3, 0.4) is 0 Å². The molecule has 0 saturated carbocycles. The number of hydrogen-bond acceptors (Lipinski definition) is 8. The average Bonchev–Trinajstić information content (AvgIpc) is 3.09. The first kappa shape index (κ1) is 40.3. The Morgan fingerprint density at radius 2 is 0.717 bits per heavy atom. The quantitative estimate of drug-likeness (QED) is 0.147. The van der Waals surface area contributed by atoms with Crippen LogP contribution in [0.5, 0.6) is 0 Å². The van der Waals surface area contributed by atoms with Gasteiger partial charge in [-0.05, 0) is 77.6 Å². The van der Waals surface area contributed by atoms with Crippen LogP contribution in [0.15, 0.2) is 72.8 Å². The molecule has 1 spiro atoms. The van der Waals surface area contributed by atoms with Crippen molar-refractivity contribution in [3.8, 4) is 0 Å². The molecule has 0 N–H and O–H groups in total. The van der Waals surface area contributed by atoms with E-state index in [2.05, 4.69) is 0 Å². The number of benzene rings is 4. The van der Waals surface area contributed by atoms with Gasteiger partial charge in [0, 0.05) is 33.5 Å². The highest BCUT2D eigenvalue weighted by atomic mass is 31.2. The van der Waals surface area contributed by atoms with E-state index < -0.39 is 34.9 Å². The molecular weight excluding hydrogens is 744 g/mol. The molecule has 0 bridgehead atoms. The second kappa shape index (κ2) is 15.3. The van der Waals surface area contributed by atoms with Crippen molar-refractivity contribution in [2.24, 2.45) is 5.41 Å². The summed E-state index contributed by atoms with van der Waals surface area (Å²) in [4.78, 5) is 0. The third-order valence-electron chi connectivity index (χ3n) is 10.6. The lowest BCUT2D eigenvalue weighted by Crippen LogP contribution is -2.46. The lowest BCUT2D eigenvalue weighted by molar-refractivity contribution is -0.0680. The van der Waals surface area contributed by atoms with E-state index >= 15 is 9.13 Å². The van der Waals surface area contributed by atoms with E-state index in [1.165, 1.54) is 0 Å². The van der Waals surface area contributed by atoms with Crippen molar-refractivity contribution in [1.82, 2.24) is 0 Å². The van der Waals surface area contributed by atoms with Crippen LogP contribution in [-0.2, 0) is 36.4 Å². The van der Waals surface area contributed by atoms with Crippen LogP contribution in [0.2, 0.25) is 0 Å². The molecule has 12 heteroatoms. The highest BCUT2D eigenvalue weighted by molar-refractivity contribution is 7.80. The van der Waals surface area contributed by atoms with Gasteiger partial charge in [-0.25, -0.2) is 0 Å². The normalized spacial score (nSPS) is 23.7. The Kier molecular flexibility index (Phi) is 11.6. The molecule has 0 amide bonds. The van der Waals surface area contributed by atoms with Crippen LogP contribution in [-0.4, -0.2) is 51.1 Å². The lowest BCUT2D eigenvalue weighted by Gasteiger charge is -2.43. The fourth-order valence-corrected chi connectivity index (χ4v) is 19.7. The maximum Gasteiger partial charge on any atom is 0.331 e. The molecule has 6 rings (SSSR count). The van der Waals surface area contributed by atoms with Gasteiger partial charge >= 0.3 is 15.2 Å². The van der Waals surface area contributed by atoms with Gasteiger partial charge in [0.25, 0.3) is 0 Å². The summed E-state index contributed by atoms with van der Waals surface area (Å²) in [6.07, 6.45) is 0.198. The van der Waals surface area contributed by atoms with E-state index in [-0.39, 0.29) is 51.1 Å². The van der Waals surface area contributed by atoms with Gasteiger partial charge in [-0.2, -0.15) is 0 Å². The molecule has 0 radical (unpaired) electrons. The zero-order valence-electron chi connectivity index (χ0n) is 32.1. The molecule has 0 aliphatic carbocycles. The molecule has 2 fully saturated rings. The number of hydrogen-bond donors (Lipinski definition) is 0. The smallest absolute Gasteiger partial charge is 0.314 e. The number of rotatable bonds is 10. The van der Waals surface area contributed by atoms with Crippen molar-refractivity contribution in [3.63, 3.8) is 0 Å². The first-order valence-corrected chi connectivity index (χ1v) is 25.4. The first-order valence-electron chi connectivity index (χ1n) is 18.1. The summed E-state index contributed by atoms with van der Waals surface area (Å²) in [5.41, 5.74) is 7.21. The predicted molar refractivity (Wildman–Crippen MR) is 218 cm³/mol. The molecule has 53 heavy (non-hydrogen) atoms. The Balaban J connectivity index is 1.14. The Morgan fingerprint density at radius 1 is 0.472 bits per heavy atom. The minimum Gasteiger partial charge on any atom is -0.314 e. The SMILES string of the molecule is Cc1ccc(P(=O)(CCP2(=O)OCC3(CO2)COP(=O)(CCP(=O)(c2ccc(C)cc2C)c2ccc(C)cc2C)OC3)c2ccc(C)cc2C)c(C)c1. The van der Waals surface area contributed by atoms with Gasteiger partial charge in [-0.3, -0.25) is 9.13 Å². The molecule has 2 heterocycles. The van der Waals surface area contributed by atoms with Gasteiger partial charge in [0.1, 0.15) is 14.3 Å². The molecule has 2 saturated heterocycles. The van der Waals surface area contributed by atoms with Crippen molar-refractivity contribution < 1.29 is 36.4 Å². The summed E-state index contributed by atoms with van der Waals surface area (Å²) in [6, 6.07) is 23.7. The minimum atomic E-state index is -3.63. The summed E-state index contributed by atoms with van der Waals surface area (Å²) in [5.74, 6) is 0. The molecule has 2 aliphatic heterocycles. The zero-order valence-corrected chi connectivity index (χ0v) is 35.7. The van der Waals surface area contributed by atoms with E-state index in [0.29, 0.717) is 0 Å². The lowest BCUT2D eigenvalue weighted by atomic mass is 9.93. The maximum absolute atomic E-state index is 15.1. The van der Waals surface area contributed by atoms with E-state index in [4.69, 9.17) is 18.1 Å². The van der Waals surface area contributed by atoms with Crippen LogP contribution in [0.4, 0.5) is 0 Å². The van der Waals surface area contributed by atoms with Gasteiger partial charge in [0.15, 0.2) is 0 Å². The van der Waals surface area contributed by atoms with Crippen molar-refractivity contribution in [2.75, 3.05) is 51.1 Å². The van der Waals surface area contributed by atoms with Crippen LogP contribution in [0.1, 0.15) is 44.5 Å². The van der Waals surface area contributed by atoms with Crippen molar-refractivity contribution >= 4 is 50.7 Å². The van der Waals surface area contributed by atoms with Gasteiger partial charge in [0.05, 0.1) is 44.2 Å². The van der Waals surface area contributed by atoms with Crippen LogP contribution in [0, 0.1) is 60.8 Å². The van der Waals surface area contributed by atoms with Gasteiger partial charge in [0.2, 0.25) is 0 Å². The zero-order chi connectivity index (χ0) is 38.4. The Bertz CT molecular complexity index is 1950. The van der Waals surface area contributed by atoms with E-state index in [1.54, 1.807) is 0 Å². The summed E-state index contributed by atoms with van der Waals surface area (Å²) >= 11 is 0. The van der Waals surface area contributed by atoms with Gasteiger partial charge in [-0.1, -0.05) is 95.1 Å². The molecule has 2 aliphatic rings. The summed E-state index contributed by atoms with van der Waals surface area (Å²) in [7, 11) is -13.7. The third-order valence-corrected chi connectivity index (χ3v) is 21.8. The second-order valence-electron chi connectivity index (χ2n) is 15.3. The Labute approximate surface area is 315 Å². The highest BCUT2D eigenvalue weighted by Crippen LogP contribution is 2.62. The molecule has 4 aromatic carbocycles. The summed E-state index contributed by atoms with van der Waals surface area (Å²) in [6.45, 7) is 16.0. The standard InChI is InChI=1S/C41H52O8P4/c1-29-9-13-37(33(5)21-29)50(42,38-14-10-30(2)22-34(38)6)17-19-52(44)46-25-41(26-47-52)27-48-53(45,49-28-41)20-18-51(43,39-15-11-31(3)23-35(39)7)40-16-12-32(4)24-36(40)8/h9-16,21-24H,17-20,25-28H2,1-8H3. The van der Waals surface area contributed by atoms with Gasteiger partial charge in [-0.15, -0.1) is 0 Å². The summed E-state index contributed by atoms with van der Waals surface area (Å²) in [5, 5.41) is 3.00. The molecule has 0 aromatic heterocycles. The van der Waals surface area contributed by atoms with E-state index in [0.717, 1.165) is 65.7 Å². The largest absolute Gasteiger partial charge is 0.331 e. The molecule has 8 nitrogen and oxygen atoms in total. The van der Waals surface area contributed by atoms with Crippen molar-refractivity contribution in [1.29, 1.82) is 0 Å². The number of aryl methyl sites for hydroxylation is 8. The predicted octanol–water partition coefficient (Wildman–Crippen LogP) is 8.95. The molecule has 284 valence electrons. The highest BCUT2D eigenvalue weighted by Gasteiger charge is 2.49. The molecule has 4 aromatic rings. The summed E-state index contributed by atoms with van der Waals surface area (Å²) < 4.78 is 82.2. The van der Waals surface area contributed by atoms with Crippen LogP contribution >= 0.6 is 29.5 Å². The molecular formula is C41H52O8P4. The van der Waals surface area contributed by atoms with E-state index in [9.17, 15) is 9.13 Å².